The fraction of sp³-hybridized carbons (Fsp3) is 0.188. The summed E-state index contributed by atoms with van der Waals surface area (Å²) in [5.74, 6) is -1.36. The zero-order chi connectivity index (χ0) is 16.2. The molecule has 1 N–H and O–H groups in total. The molecule has 0 saturated carbocycles. The molecule has 0 saturated heterocycles. The van der Waals surface area contributed by atoms with E-state index in [-0.39, 0.29) is 16.1 Å². The zero-order valence-electron chi connectivity index (χ0n) is 12.1. The number of anilines is 1. The molecule has 0 aromatic heterocycles. The lowest BCUT2D eigenvalue weighted by Gasteiger charge is -2.10. The van der Waals surface area contributed by atoms with Gasteiger partial charge in [-0.05, 0) is 41.8 Å². The molecule has 0 radical (unpaired) electrons. The Balaban J connectivity index is 2.23. The molecule has 116 valence electrons. The quantitative estimate of drug-likeness (QED) is 0.880. The van der Waals surface area contributed by atoms with Crippen molar-refractivity contribution in [1.29, 1.82) is 0 Å². The highest BCUT2D eigenvalue weighted by molar-refractivity contribution is 7.92. The van der Waals surface area contributed by atoms with Crippen LogP contribution >= 0.6 is 0 Å². The van der Waals surface area contributed by atoms with Gasteiger partial charge in [-0.15, -0.1) is 0 Å². The second kappa shape index (κ2) is 6.62. The molecule has 0 bridgehead atoms. The molecule has 0 aliphatic rings. The van der Waals surface area contributed by atoms with Crippen LogP contribution in [0.4, 0.5) is 5.69 Å². The number of aromatic carboxylic acids is 1. The third-order valence-electron chi connectivity index (χ3n) is 3.12. The average Bonchev–Trinajstić information content (AvgIpc) is 2.48. The van der Waals surface area contributed by atoms with E-state index in [1.54, 1.807) is 12.1 Å². The molecule has 0 atom stereocenters. The SMILES string of the molecule is CCCc1ccc(S(=O)(=O)Nc2cccc(C(=O)[O-])c2)cc1. The fourth-order valence-corrected chi connectivity index (χ4v) is 3.10. The molecule has 2 aromatic rings. The molecule has 2 aromatic carbocycles. The Bertz CT molecular complexity index is 767. The number of carbonyl (C=O) groups excluding carboxylic acids is 1. The van der Waals surface area contributed by atoms with Crippen molar-refractivity contribution in [3.8, 4) is 0 Å². The number of nitrogens with one attached hydrogen (secondary N) is 1. The van der Waals surface area contributed by atoms with E-state index >= 15 is 0 Å². The van der Waals surface area contributed by atoms with Gasteiger partial charge in [0.15, 0.2) is 0 Å². The van der Waals surface area contributed by atoms with Gasteiger partial charge in [0.05, 0.1) is 10.9 Å². The topological polar surface area (TPSA) is 86.3 Å². The number of carboxylic acids is 1. The number of hydrogen-bond acceptors (Lipinski definition) is 4. The Morgan fingerprint density at radius 1 is 1.14 bits per heavy atom. The highest BCUT2D eigenvalue weighted by atomic mass is 32.2. The average molecular weight is 318 g/mol. The van der Waals surface area contributed by atoms with Gasteiger partial charge in [-0.3, -0.25) is 4.72 Å². The minimum Gasteiger partial charge on any atom is -0.545 e. The van der Waals surface area contributed by atoms with Gasteiger partial charge in [0.1, 0.15) is 0 Å². The van der Waals surface area contributed by atoms with Gasteiger partial charge in [0, 0.05) is 5.69 Å². The summed E-state index contributed by atoms with van der Waals surface area (Å²) in [6, 6.07) is 12.1. The Morgan fingerprint density at radius 2 is 1.82 bits per heavy atom. The van der Waals surface area contributed by atoms with Crippen LogP contribution in [-0.4, -0.2) is 14.4 Å². The molecule has 0 aliphatic heterocycles. The smallest absolute Gasteiger partial charge is 0.261 e. The van der Waals surface area contributed by atoms with Crippen LogP contribution in [0.1, 0.15) is 29.3 Å². The predicted molar refractivity (Wildman–Crippen MR) is 82.0 cm³/mol. The molecule has 0 spiro atoms. The van der Waals surface area contributed by atoms with Gasteiger partial charge in [-0.1, -0.05) is 37.6 Å². The van der Waals surface area contributed by atoms with Gasteiger partial charge in [-0.2, -0.15) is 0 Å². The van der Waals surface area contributed by atoms with Gasteiger partial charge in [0.2, 0.25) is 0 Å². The summed E-state index contributed by atoms with van der Waals surface area (Å²) in [6.07, 6.45) is 1.88. The molecular weight excluding hydrogens is 302 g/mol. The second-order valence-corrected chi connectivity index (χ2v) is 6.55. The molecule has 0 heterocycles. The van der Waals surface area contributed by atoms with Crippen molar-refractivity contribution in [1.82, 2.24) is 0 Å². The van der Waals surface area contributed by atoms with Crippen LogP contribution in [0.5, 0.6) is 0 Å². The third-order valence-corrected chi connectivity index (χ3v) is 4.52. The van der Waals surface area contributed by atoms with E-state index in [1.165, 1.54) is 36.4 Å². The molecule has 2 rings (SSSR count). The van der Waals surface area contributed by atoms with E-state index in [9.17, 15) is 18.3 Å². The Labute approximate surface area is 129 Å². The molecule has 22 heavy (non-hydrogen) atoms. The van der Waals surface area contributed by atoms with Crippen LogP contribution in [-0.2, 0) is 16.4 Å². The first-order valence-corrected chi connectivity index (χ1v) is 8.34. The molecule has 0 fully saturated rings. The molecule has 6 heteroatoms. The normalized spacial score (nSPS) is 11.1. The van der Waals surface area contributed by atoms with E-state index in [4.69, 9.17) is 0 Å². The largest absolute Gasteiger partial charge is 0.545 e. The summed E-state index contributed by atoms with van der Waals surface area (Å²) in [6.45, 7) is 2.05. The van der Waals surface area contributed by atoms with E-state index in [0.717, 1.165) is 18.4 Å². The highest BCUT2D eigenvalue weighted by Gasteiger charge is 2.14. The maximum atomic E-state index is 12.3. The van der Waals surface area contributed by atoms with Crippen LogP contribution in [0, 0.1) is 0 Å². The minimum absolute atomic E-state index is 0.0847. The molecular formula is C16H16NO4S-. The number of carboxylic acid groups (broad SMARTS) is 1. The van der Waals surface area contributed by atoms with Crippen molar-refractivity contribution < 1.29 is 18.3 Å². The van der Waals surface area contributed by atoms with Crippen molar-refractivity contribution in [2.24, 2.45) is 0 Å². The first kappa shape index (κ1) is 16.0. The minimum atomic E-state index is -3.75. The number of hydrogen-bond donors (Lipinski definition) is 1. The van der Waals surface area contributed by atoms with Gasteiger partial charge >= 0.3 is 0 Å². The van der Waals surface area contributed by atoms with Crippen molar-refractivity contribution in [3.63, 3.8) is 0 Å². The summed E-state index contributed by atoms with van der Waals surface area (Å²) >= 11 is 0. The van der Waals surface area contributed by atoms with Crippen LogP contribution in [0.2, 0.25) is 0 Å². The monoisotopic (exact) mass is 318 g/mol. The third kappa shape index (κ3) is 3.85. The van der Waals surface area contributed by atoms with E-state index in [0.29, 0.717) is 0 Å². The fourth-order valence-electron chi connectivity index (χ4n) is 2.05. The maximum absolute atomic E-state index is 12.3. The molecule has 5 nitrogen and oxygen atoms in total. The van der Waals surface area contributed by atoms with Gasteiger partial charge in [-0.25, -0.2) is 8.42 Å². The van der Waals surface area contributed by atoms with Crippen LogP contribution in [0.25, 0.3) is 0 Å². The first-order valence-electron chi connectivity index (χ1n) is 6.85. The molecule has 0 aliphatic carbocycles. The van der Waals surface area contributed by atoms with Crippen LogP contribution in [0.15, 0.2) is 53.4 Å². The maximum Gasteiger partial charge on any atom is 0.261 e. The Hall–Kier alpha value is -2.34. The summed E-state index contributed by atoms with van der Waals surface area (Å²) in [5.41, 5.74) is 1.17. The van der Waals surface area contributed by atoms with Crippen LogP contribution in [0.3, 0.4) is 0 Å². The van der Waals surface area contributed by atoms with Crippen molar-refractivity contribution in [2.75, 3.05) is 4.72 Å². The van der Waals surface area contributed by atoms with E-state index < -0.39 is 16.0 Å². The number of benzene rings is 2. The number of aryl methyl sites for hydroxylation is 1. The van der Waals surface area contributed by atoms with Crippen molar-refractivity contribution in [2.45, 2.75) is 24.7 Å². The van der Waals surface area contributed by atoms with E-state index in [2.05, 4.69) is 11.6 Å². The van der Waals surface area contributed by atoms with Gasteiger partial charge in [0.25, 0.3) is 10.0 Å². The number of carbonyl (C=O) groups is 1. The lowest BCUT2D eigenvalue weighted by molar-refractivity contribution is -0.255. The van der Waals surface area contributed by atoms with Crippen LogP contribution < -0.4 is 9.83 Å². The highest BCUT2D eigenvalue weighted by Crippen LogP contribution is 2.18. The lowest BCUT2D eigenvalue weighted by atomic mass is 10.1. The summed E-state index contributed by atoms with van der Waals surface area (Å²) in [7, 11) is -3.75. The second-order valence-electron chi connectivity index (χ2n) is 4.87. The summed E-state index contributed by atoms with van der Waals surface area (Å²) < 4.78 is 26.9. The Morgan fingerprint density at radius 3 is 2.41 bits per heavy atom. The summed E-state index contributed by atoms with van der Waals surface area (Å²) in [5, 5.41) is 10.8. The Kier molecular flexibility index (Phi) is 4.82. The molecule has 0 amide bonds. The van der Waals surface area contributed by atoms with E-state index in [1.807, 2.05) is 0 Å². The zero-order valence-corrected chi connectivity index (χ0v) is 12.9. The van der Waals surface area contributed by atoms with Crippen molar-refractivity contribution >= 4 is 21.7 Å². The first-order chi connectivity index (χ1) is 10.4. The molecule has 0 unspecified atom stereocenters. The standard InChI is InChI=1S/C16H17NO4S/c1-2-4-12-7-9-15(10-8-12)22(20,21)17-14-6-3-5-13(11-14)16(18)19/h3,5-11,17H,2,4H2,1H3,(H,18,19)/p-1. The number of rotatable bonds is 6. The number of sulfonamides is 1. The predicted octanol–water partition coefficient (Wildman–Crippen LogP) is 1.80. The van der Waals surface area contributed by atoms with Gasteiger partial charge < -0.3 is 9.90 Å². The summed E-state index contributed by atoms with van der Waals surface area (Å²) in [4.78, 5) is 10.9. The lowest BCUT2D eigenvalue weighted by Crippen LogP contribution is -2.22. The van der Waals surface area contributed by atoms with Crippen molar-refractivity contribution in [3.05, 3.63) is 59.7 Å².